The minimum atomic E-state index is -0.299. The van der Waals surface area contributed by atoms with E-state index in [1.807, 2.05) is 36.9 Å². The van der Waals surface area contributed by atoms with Gasteiger partial charge in [-0.2, -0.15) is 0 Å². The number of furan rings is 1. The molecular formula is C19H26N2O4. The Balaban J connectivity index is 1.74. The van der Waals surface area contributed by atoms with Crippen molar-refractivity contribution >= 4 is 16.9 Å². The number of hydrogen-bond acceptors (Lipinski definition) is 5. The van der Waals surface area contributed by atoms with Gasteiger partial charge in [-0.3, -0.25) is 9.69 Å². The third-order valence-electron chi connectivity index (χ3n) is 4.94. The minimum Gasteiger partial charge on any atom is -0.493 e. The standard InChI is InChI=1S/C19H26N2O4/c1-4-14(22)12-20-8-10-21(11-9-20)19(23)17-13(2)15-6-5-7-16(24-3)18(15)25-17/h5-7,14,22H,4,8-12H2,1-3H3. The molecular weight excluding hydrogens is 320 g/mol. The molecule has 1 aromatic heterocycles. The topological polar surface area (TPSA) is 66.2 Å². The Morgan fingerprint density at radius 1 is 1.32 bits per heavy atom. The molecule has 0 aliphatic carbocycles. The number of amides is 1. The van der Waals surface area contributed by atoms with Crippen LogP contribution in [-0.2, 0) is 0 Å². The van der Waals surface area contributed by atoms with Crippen LogP contribution in [0.4, 0.5) is 0 Å². The summed E-state index contributed by atoms with van der Waals surface area (Å²) in [4.78, 5) is 16.9. The number of aliphatic hydroxyl groups excluding tert-OH is 1. The molecule has 6 heteroatoms. The predicted octanol–water partition coefficient (Wildman–Crippen LogP) is 2.28. The number of methoxy groups -OCH3 is 1. The normalized spacial score (nSPS) is 17.0. The molecule has 1 atom stereocenters. The Morgan fingerprint density at radius 2 is 2.04 bits per heavy atom. The van der Waals surface area contributed by atoms with E-state index in [0.29, 0.717) is 36.7 Å². The fraction of sp³-hybridized carbons (Fsp3) is 0.526. The second-order valence-corrected chi connectivity index (χ2v) is 6.55. The maximum Gasteiger partial charge on any atom is 0.289 e. The van der Waals surface area contributed by atoms with Crippen LogP contribution in [0.25, 0.3) is 11.0 Å². The van der Waals surface area contributed by atoms with Crippen molar-refractivity contribution in [2.24, 2.45) is 0 Å². The molecule has 1 amide bonds. The second kappa shape index (κ2) is 7.45. The molecule has 1 aliphatic rings. The first-order valence-electron chi connectivity index (χ1n) is 8.81. The quantitative estimate of drug-likeness (QED) is 0.900. The lowest BCUT2D eigenvalue weighted by atomic mass is 10.1. The summed E-state index contributed by atoms with van der Waals surface area (Å²) in [7, 11) is 1.60. The van der Waals surface area contributed by atoms with Crippen molar-refractivity contribution < 1.29 is 19.1 Å². The summed E-state index contributed by atoms with van der Waals surface area (Å²) in [6.07, 6.45) is 0.450. The van der Waals surface area contributed by atoms with E-state index in [9.17, 15) is 9.90 Å². The Kier molecular flexibility index (Phi) is 5.30. The average molecular weight is 346 g/mol. The lowest BCUT2D eigenvalue weighted by molar-refractivity contribution is 0.0501. The van der Waals surface area contributed by atoms with Gasteiger partial charge < -0.3 is 19.2 Å². The van der Waals surface area contributed by atoms with Gasteiger partial charge in [0.05, 0.1) is 13.2 Å². The second-order valence-electron chi connectivity index (χ2n) is 6.55. The van der Waals surface area contributed by atoms with E-state index in [2.05, 4.69) is 4.90 Å². The van der Waals surface area contributed by atoms with Crippen LogP contribution in [0.2, 0.25) is 0 Å². The number of rotatable bonds is 5. The number of hydrogen-bond donors (Lipinski definition) is 1. The molecule has 1 saturated heterocycles. The van der Waals surface area contributed by atoms with E-state index in [1.54, 1.807) is 7.11 Å². The number of carbonyl (C=O) groups is 1. The number of ether oxygens (including phenoxy) is 1. The molecule has 3 rings (SSSR count). The molecule has 1 fully saturated rings. The fourth-order valence-electron chi connectivity index (χ4n) is 3.29. The van der Waals surface area contributed by atoms with E-state index in [-0.39, 0.29) is 12.0 Å². The fourth-order valence-corrected chi connectivity index (χ4v) is 3.29. The highest BCUT2D eigenvalue weighted by molar-refractivity contribution is 6.00. The first-order chi connectivity index (χ1) is 12.0. The van der Waals surface area contributed by atoms with Gasteiger partial charge in [0.1, 0.15) is 0 Å². The van der Waals surface area contributed by atoms with Gasteiger partial charge in [-0.1, -0.05) is 19.1 Å². The number of para-hydroxylation sites is 1. The molecule has 1 unspecified atom stereocenters. The molecule has 1 N–H and O–H groups in total. The number of β-amino-alcohol motifs (C(OH)–C–C–N with tert-alkyl or cyclic N) is 1. The third kappa shape index (κ3) is 3.50. The van der Waals surface area contributed by atoms with Gasteiger partial charge in [-0.15, -0.1) is 0 Å². The maximum absolute atomic E-state index is 12.9. The first-order valence-corrected chi connectivity index (χ1v) is 8.81. The van der Waals surface area contributed by atoms with Gasteiger partial charge in [-0.05, 0) is 19.4 Å². The lowest BCUT2D eigenvalue weighted by Crippen LogP contribution is -2.50. The molecule has 2 aromatic rings. The first kappa shape index (κ1) is 17.8. The minimum absolute atomic E-state index is 0.0774. The van der Waals surface area contributed by atoms with Crippen molar-refractivity contribution in [2.45, 2.75) is 26.4 Å². The van der Waals surface area contributed by atoms with Crippen LogP contribution in [0.3, 0.4) is 0 Å². The predicted molar refractivity (Wildman–Crippen MR) is 96.1 cm³/mol. The van der Waals surface area contributed by atoms with Crippen LogP contribution >= 0.6 is 0 Å². The highest BCUT2D eigenvalue weighted by Gasteiger charge is 2.27. The monoisotopic (exact) mass is 346 g/mol. The van der Waals surface area contributed by atoms with Crippen LogP contribution in [0.5, 0.6) is 5.75 Å². The molecule has 1 aliphatic heterocycles. The molecule has 25 heavy (non-hydrogen) atoms. The van der Waals surface area contributed by atoms with Gasteiger partial charge in [0.2, 0.25) is 0 Å². The number of aliphatic hydroxyl groups is 1. The van der Waals surface area contributed by atoms with Crippen molar-refractivity contribution in [3.63, 3.8) is 0 Å². The van der Waals surface area contributed by atoms with Crippen LogP contribution in [-0.4, -0.2) is 66.8 Å². The van der Waals surface area contributed by atoms with Crippen molar-refractivity contribution in [2.75, 3.05) is 39.8 Å². The zero-order valence-corrected chi connectivity index (χ0v) is 15.1. The molecule has 0 bridgehead atoms. The van der Waals surface area contributed by atoms with Crippen LogP contribution in [0.15, 0.2) is 22.6 Å². The SMILES string of the molecule is CCC(O)CN1CCN(C(=O)c2oc3c(OC)cccc3c2C)CC1. The summed E-state index contributed by atoms with van der Waals surface area (Å²) in [6.45, 7) is 7.37. The van der Waals surface area contributed by atoms with Crippen molar-refractivity contribution in [1.29, 1.82) is 0 Å². The van der Waals surface area contributed by atoms with E-state index in [0.717, 1.165) is 30.5 Å². The lowest BCUT2D eigenvalue weighted by Gasteiger charge is -2.35. The largest absolute Gasteiger partial charge is 0.493 e. The molecule has 0 radical (unpaired) electrons. The number of aryl methyl sites for hydroxylation is 1. The summed E-state index contributed by atoms with van der Waals surface area (Å²) >= 11 is 0. The van der Waals surface area contributed by atoms with Gasteiger partial charge in [-0.25, -0.2) is 0 Å². The van der Waals surface area contributed by atoms with Gasteiger partial charge in [0, 0.05) is 43.7 Å². The van der Waals surface area contributed by atoms with Crippen LogP contribution < -0.4 is 4.74 Å². The Hall–Kier alpha value is -2.05. The van der Waals surface area contributed by atoms with E-state index in [1.165, 1.54) is 0 Å². The molecule has 0 saturated carbocycles. The van der Waals surface area contributed by atoms with Crippen molar-refractivity contribution in [3.8, 4) is 5.75 Å². The van der Waals surface area contributed by atoms with Crippen LogP contribution in [0.1, 0.15) is 29.5 Å². The summed E-state index contributed by atoms with van der Waals surface area (Å²) in [6, 6.07) is 5.67. The zero-order chi connectivity index (χ0) is 18.0. The summed E-state index contributed by atoms with van der Waals surface area (Å²) in [5.74, 6) is 0.950. The molecule has 2 heterocycles. The number of carbonyl (C=O) groups excluding carboxylic acids is 1. The summed E-state index contributed by atoms with van der Waals surface area (Å²) in [5, 5.41) is 10.7. The van der Waals surface area contributed by atoms with Gasteiger partial charge >= 0.3 is 0 Å². The smallest absolute Gasteiger partial charge is 0.289 e. The molecule has 136 valence electrons. The Morgan fingerprint density at radius 3 is 2.68 bits per heavy atom. The number of benzene rings is 1. The average Bonchev–Trinajstić information content (AvgIpc) is 2.98. The molecule has 0 spiro atoms. The summed E-state index contributed by atoms with van der Waals surface area (Å²) in [5.41, 5.74) is 1.47. The summed E-state index contributed by atoms with van der Waals surface area (Å²) < 4.78 is 11.2. The number of fused-ring (bicyclic) bond motifs is 1. The molecule has 1 aromatic carbocycles. The highest BCUT2D eigenvalue weighted by atomic mass is 16.5. The maximum atomic E-state index is 12.9. The number of nitrogens with zero attached hydrogens (tertiary/aromatic N) is 2. The van der Waals surface area contributed by atoms with Gasteiger partial charge in [0.15, 0.2) is 17.1 Å². The number of piperazine rings is 1. The zero-order valence-electron chi connectivity index (χ0n) is 15.1. The van der Waals surface area contributed by atoms with Crippen LogP contribution in [0, 0.1) is 6.92 Å². The highest BCUT2D eigenvalue weighted by Crippen LogP contribution is 2.32. The van der Waals surface area contributed by atoms with E-state index < -0.39 is 0 Å². The van der Waals surface area contributed by atoms with E-state index >= 15 is 0 Å². The van der Waals surface area contributed by atoms with E-state index in [4.69, 9.17) is 9.15 Å². The van der Waals surface area contributed by atoms with Crippen molar-refractivity contribution in [3.05, 3.63) is 29.5 Å². The third-order valence-corrected chi connectivity index (χ3v) is 4.94. The Labute approximate surface area is 148 Å². The molecule has 6 nitrogen and oxygen atoms in total. The van der Waals surface area contributed by atoms with Crippen molar-refractivity contribution in [1.82, 2.24) is 9.80 Å². The van der Waals surface area contributed by atoms with Gasteiger partial charge in [0.25, 0.3) is 5.91 Å². The Bertz CT molecular complexity index is 747.